The van der Waals surface area contributed by atoms with Gasteiger partial charge >= 0.3 is 6.18 Å². The first-order valence-electron chi connectivity index (χ1n) is 7.04. The zero-order chi connectivity index (χ0) is 16.3. The van der Waals surface area contributed by atoms with Crippen molar-refractivity contribution in [2.75, 3.05) is 6.54 Å². The molecular formula is C15H17F3N2O2. The van der Waals surface area contributed by atoms with Crippen LogP contribution < -0.4 is 5.73 Å². The molecule has 2 amide bonds. The Morgan fingerprint density at radius 1 is 1.23 bits per heavy atom. The van der Waals surface area contributed by atoms with E-state index in [9.17, 15) is 22.8 Å². The van der Waals surface area contributed by atoms with E-state index in [2.05, 4.69) is 0 Å². The number of hydrogen-bond acceptors (Lipinski definition) is 2. The van der Waals surface area contributed by atoms with Gasteiger partial charge in [-0.1, -0.05) is 12.1 Å². The van der Waals surface area contributed by atoms with E-state index in [1.165, 1.54) is 29.2 Å². The Morgan fingerprint density at radius 3 is 2.41 bits per heavy atom. The predicted octanol–water partition coefficient (Wildman–Crippen LogP) is 2.27. The van der Waals surface area contributed by atoms with Crippen molar-refractivity contribution >= 4 is 11.8 Å². The average Bonchev–Trinajstić information content (AvgIpc) is 2.94. The van der Waals surface area contributed by atoms with Gasteiger partial charge in [-0.15, -0.1) is 0 Å². The molecule has 1 aliphatic heterocycles. The molecule has 1 aliphatic rings. The van der Waals surface area contributed by atoms with E-state index < -0.39 is 24.5 Å². The smallest absolute Gasteiger partial charge is 0.368 e. The van der Waals surface area contributed by atoms with Gasteiger partial charge in [-0.2, -0.15) is 13.2 Å². The number of nitrogens with two attached hydrogens (primary N) is 1. The molecule has 0 unspecified atom stereocenters. The van der Waals surface area contributed by atoms with Crippen LogP contribution in [0.2, 0.25) is 0 Å². The van der Waals surface area contributed by atoms with Gasteiger partial charge in [-0.05, 0) is 37.0 Å². The fourth-order valence-electron chi connectivity index (χ4n) is 2.57. The number of rotatable bonds is 4. The Bertz CT molecular complexity index is 555. The largest absolute Gasteiger partial charge is 0.389 e. The first-order chi connectivity index (χ1) is 10.3. The van der Waals surface area contributed by atoms with Crippen LogP contribution in [-0.2, 0) is 11.2 Å². The highest BCUT2D eigenvalue weighted by atomic mass is 19.4. The van der Waals surface area contributed by atoms with Gasteiger partial charge in [0, 0.05) is 18.5 Å². The number of primary amides is 1. The molecule has 1 saturated heterocycles. The number of alkyl halides is 3. The Labute approximate surface area is 126 Å². The van der Waals surface area contributed by atoms with Crippen LogP contribution in [0.5, 0.6) is 0 Å². The van der Waals surface area contributed by atoms with Crippen molar-refractivity contribution in [2.45, 2.75) is 37.9 Å². The molecule has 0 aliphatic carbocycles. The van der Waals surface area contributed by atoms with Crippen molar-refractivity contribution in [3.05, 3.63) is 35.4 Å². The third kappa shape index (κ3) is 3.99. The highest BCUT2D eigenvalue weighted by molar-refractivity contribution is 5.97. The molecule has 0 aromatic heterocycles. The van der Waals surface area contributed by atoms with E-state index in [1.807, 2.05) is 0 Å². The lowest BCUT2D eigenvalue weighted by molar-refractivity contribution is -0.134. The van der Waals surface area contributed by atoms with E-state index in [1.54, 1.807) is 0 Å². The number of carbonyl (C=O) groups is 2. The minimum Gasteiger partial charge on any atom is -0.368 e. The number of carbonyl (C=O) groups excluding carboxylic acids is 2. The van der Waals surface area contributed by atoms with Crippen LogP contribution in [0.1, 0.15) is 35.2 Å². The molecule has 2 N–H and O–H groups in total. The van der Waals surface area contributed by atoms with E-state index in [4.69, 9.17) is 5.73 Å². The summed E-state index contributed by atoms with van der Waals surface area (Å²) in [4.78, 5) is 25.1. The first-order valence-corrected chi connectivity index (χ1v) is 7.04. The minimum atomic E-state index is -4.20. The molecular weight excluding hydrogens is 297 g/mol. The zero-order valence-corrected chi connectivity index (χ0v) is 11.9. The third-order valence-electron chi connectivity index (χ3n) is 3.74. The van der Waals surface area contributed by atoms with Crippen LogP contribution in [-0.4, -0.2) is 35.5 Å². The molecule has 1 atom stereocenters. The molecule has 1 fully saturated rings. The van der Waals surface area contributed by atoms with Crippen molar-refractivity contribution in [3.63, 3.8) is 0 Å². The maximum Gasteiger partial charge on any atom is 0.389 e. The van der Waals surface area contributed by atoms with Gasteiger partial charge in [0.1, 0.15) is 6.04 Å². The van der Waals surface area contributed by atoms with E-state index >= 15 is 0 Å². The van der Waals surface area contributed by atoms with Gasteiger partial charge in [0.25, 0.3) is 5.91 Å². The standard InChI is InChI=1S/C15H17F3N2O2/c16-15(17,18)8-7-10-3-5-11(6-4-10)14(22)20-9-1-2-12(20)13(19)21/h3-6,12H,1-2,7-9H2,(H2,19,21)/t12-/m1/s1. The van der Waals surface area contributed by atoms with E-state index in [0.717, 1.165) is 0 Å². The Morgan fingerprint density at radius 2 is 1.86 bits per heavy atom. The lowest BCUT2D eigenvalue weighted by Gasteiger charge is -2.22. The SMILES string of the molecule is NC(=O)[C@H]1CCCN1C(=O)c1ccc(CCC(F)(F)F)cc1. The number of nitrogens with zero attached hydrogens (tertiary/aromatic N) is 1. The Hall–Kier alpha value is -2.05. The van der Waals surface area contributed by atoms with Gasteiger partial charge in [0.15, 0.2) is 0 Å². The van der Waals surface area contributed by atoms with Crippen molar-refractivity contribution < 1.29 is 22.8 Å². The highest BCUT2D eigenvalue weighted by Crippen LogP contribution is 2.23. The second kappa shape index (κ2) is 6.37. The number of benzene rings is 1. The minimum absolute atomic E-state index is 0.119. The van der Waals surface area contributed by atoms with Gasteiger partial charge in [0.05, 0.1) is 0 Å². The monoisotopic (exact) mass is 314 g/mol. The fourth-order valence-corrected chi connectivity index (χ4v) is 2.57. The zero-order valence-electron chi connectivity index (χ0n) is 11.9. The summed E-state index contributed by atoms with van der Waals surface area (Å²) in [6, 6.07) is 5.40. The second-order valence-corrected chi connectivity index (χ2v) is 5.37. The van der Waals surface area contributed by atoms with Gasteiger partial charge < -0.3 is 10.6 Å². The number of hydrogen-bond donors (Lipinski definition) is 1. The van der Waals surface area contributed by atoms with Crippen LogP contribution >= 0.6 is 0 Å². The molecule has 0 saturated carbocycles. The molecule has 22 heavy (non-hydrogen) atoms. The van der Waals surface area contributed by atoms with Crippen molar-refractivity contribution in [1.82, 2.24) is 4.90 Å². The van der Waals surface area contributed by atoms with Crippen molar-refractivity contribution in [3.8, 4) is 0 Å². The molecule has 7 heteroatoms. The predicted molar refractivity (Wildman–Crippen MR) is 74.1 cm³/mol. The summed E-state index contributed by atoms with van der Waals surface area (Å²) in [6.07, 6.45) is -3.95. The number of halogens is 3. The summed E-state index contributed by atoms with van der Waals surface area (Å²) in [7, 11) is 0. The quantitative estimate of drug-likeness (QED) is 0.926. The normalized spacial score (nSPS) is 18.5. The third-order valence-corrected chi connectivity index (χ3v) is 3.74. The van der Waals surface area contributed by atoms with Crippen LogP contribution in [0, 0.1) is 0 Å². The fraction of sp³-hybridized carbons (Fsp3) is 0.467. The molecule has 1 aromatic rings. The summed E-state index contributed by atoms with van der Waals surface area (Å²) in [6.45, 7) is 0.461. The lowest BCUT2D eigenvalue weighted by Crippen LogP contribution is -2.43. The van der Waals surface area contributed by atoms with Crippen LogP contribution in [0.25, 0.3) is 0 Å². The van der Waals surface area contributed by atoms with Crippen LogP contribution in [0.15, 0.2) is 24.3 Å². The maximum atomic E-state index is 12.3. The van der Waals surface area contributed by atoms with Gasteiger partial charge in [-0.3, -0.25) is 9.59 Å². The molecule has 0 spiro atoms. The summed E-state index contributed by atoms with van der Waals surface area (Å²) < 4.78 is 36.5. The molecule has 0 bridgehead atoms. The lowest BCUT2D eigenvalue weighted by atomic mass is 10.1. The molecule has 0 radical (unpaired) electrons. The van der Waals surface area contributed by atoms with Crippen LogP contribution in [0.3, 0.4) is 0 Å². The number of amides is 2. The van der Waals surface area contributed by atoms with Gasteiger partial charge in [0.2, 0.25) is 5.91 Å². The Kier molecular flexibility index (Phi) is 4.73. The van der Waals surface area contributed by atoms with Crippen molar-refractivity contribution in [2.24, 2.45) is 5.73 Å². The van der Waals surface area contributed by atoms with Crippen LogP contribution in [0.4, 0.5) is 13.2 Å². The highest BCUT2D eigenvalue weighted by Gasteiger charge is 2.33. The summed E-state index contributed by atoms with van der Waals surface area (Å²) in [5.41, 5.74) is 6.14. The summed E-state index contributed by atoms with van der Waals surface area (Å²) in [5.74, 6) is -0.851. The van der Waals surface area contributed by atoms with Crippen molar-refractivity contribution in [1.29, 1.82) is 0 Å². The molecule has 4 nitrogen and oxygen atoms in total. The molecule has 2 rings (SSSR count). The topological polar surface area (TPSA) is 63.4 Å². The van der Waals surface area contributed by atoms with Gasteiger partial charge in [-0.25, -0.2) is 0 Å². The number of likely N-dealkylation sites (tertiary alicyclic amines) is 1. The summed E-state index contributed by atoms with van der Waals surface area (Å²) >= 11 is 0. The maximum absolute atomic E-state index is 12.3. The average molecular weight is 314 g/mol. The van der Waals surface area contributed by atoms with E-state index in [-0.39, 0.29) is 12.3 Å². The first kappa shape index (κ1) is 16.3. The molecule has 1 heterocycles. The second-order valence-electron chi connectivity index (χ2n) is 5.37. The molecule has 120 valence electrons. The summed E-state index contributed by atoms with van der Waals surface area (Å²) in [5, 5.41) is 0. The Balaban J connectivity index is 2.03. The number of aryl methyl sites for hydroxylation is 1. The van der Waals surface area contributed by atoms with E-state index in [0.29, 0.717) is 30.5 Å². The molecule has 1 aromatic carbocycles.